The molecule has 144 valence electrons. The Bertz CT molecular complexity index is 890. The van der Waals surface area contributed by atoms with Gasteiger partial charge in [-0.1, -0.05) is 30.3 Å². The first-order valence-corrected chi connectivity index (χ1v) is 8.81. The fourth-order valence-electron chi connectivity index (χ4n) is 2.91. The van der Waals surface area contributed by atoms with Gasteiger partial charge < -0.3 is 9.64 Å². The topological polar surface area (TPSA) is 84.0 Å². The fraction of sp³-hybridized carbons (Fsp3) is 0.238. The Kier molecular flexibility index (Phi) is 5.54. The molecule has 3 rings (SSSR count). The molecular weight excluding hydrogens is 360 g/mol. The van der Waals surface area contributed by atoms with E-state index in [9.17, 15) is 19.2 Å². The van der Waals surface area contributed by atoms with Gasteiger partial charge in [-0.05, 0) is 24.3 Å². The normalized spacial score (nSPS) is 14.7. The largest absolute Gasteiger partial charge is 0.444 e. The highest BCUT2D eigenvalue weighted by Crippen LogP contribution is 2.25. The molecule has 1 heterocycles. The lowest BCUT2D eigenvalue weighted by atomic mass is 10.1. The van der Waals surface area contributed by atoms with Gasteiger partial charge in [-0.15, -0.1) is 0 Å². The molecule has 0 unspecified atom stereocenters. The van der Waals surface area contributed by atoms with Gasteiger partial charge in [0.05, 0.1) is 11.3 Å². The molecule has 28 heavy (non-hydrogen) atoms. The van der Waals surface area contributed by atoms with E-state index in [1.54, 1.807) is 38.4 Å². The summed E-state index contributed by atoms with van der Waals surface area (Å²) in [6, 6.07) is 14.7. The predicted octanol–water partition coefficient (Wildman–Crippen LogP) is 2.33. The van der Waals surface area contributed by atoms with Gasteiger partial charge in [0.25, 0.3) is 5.91 Å². The number of likely N-dealkylation sites (N-methyl/N-ethyl adjacent to an activating group) is 1. The number of amides is 3. The Morgan fingerprint density at radius 2 is 1.50 bits per heavy atom. The highest BCUT2D eigenvalue weighted by molar-refractivity contribution is 6.19. The van der Waals surface area contributed by atoms with E-state index in [1.807, 2.05) is 6.07 Å². The number of hydrogen-bond donors (Lipinski definition) is 0. The summed E-state index contributed by atoms with van der Waals surface area (Å²) < 4.78 is 5.48. The minimum absolute atomic E-state index is 0.189. The van der Waals surface area contributed by atoms with Crippen molar-refractivity contribution in [2.75, 3.05) is 19.0 Å². The lowest BCUT2D eigenvalue weighted by Gasteiger charge is -2.21. The Morgan fingerprint density at radius 3 is 2.04 bits per heavy atom. The molecule has 1 saturated heterocycles. The first kappa shape index (κ1) is 19.3. The van der Waals surface area contributed by atoms with Crippen LogP contribution in [0.4, 0.5) is 5.69 Å². The molecule has 3 amide bonds. The van der Waals surface area contributed by atoms with Gasteiger partial charge in [0.2, 0.25) is 17.9 Å². The number of carbonyl (C=O) groups excluding carboxylic acids is 4. The summed E-state index contributed by atoms with van der Waals surface area (Å²) in [7, 11) is 3.18. The molecule has 0 spiro atoms. The van der Waals surface area contributed by atoms with Gasteiger partial charge in [-0.25, -0.2) is 4.79 Å². The SMILES string of the molecule is CN(C)C(=O)[C@H](OC(=O)c1ccc(N2C(=O)CCC2=O)cc1)c1ccccc1. The summed E-state index contributed by atoms with van der Waals surface area (Å²) in [6.45, 7) is 0. The first-order chi connectivity index (χ1) is 13.4. The smallest absolute Gasteiger partial charge is 0.339 e. The summed E-state index contributed by atoms with van der Waals surface area (Å²) in [5.74, 6) is -1.55. The number of nitrogens with zero attached hydrogens (tertiary/aromatic N) is 2. The third-order valence-electron chi connectivity index (χ3n) is 4.41. The second-order valence-electron chi connectivity index (χ2n) is 6.60. The first-order valence-electron chi connectivity index (χ1n) is 8.81. The molecule has 7 nitrogen and oxygen atoms in total. The maximum absolute atomic E-state index is 12.6. The second-order valence-corrected chi connectivity index (χ2v) is 6.60. The predicted molar refractivity (Wildman–Crippen MR) is 101 cm³/mol. The maximum Gasteiger partial charge on any atom is 0.339 e. The molecule has 1 fully saturated rings. The van der Waals surface area contributed by atoms with Gasteiger partial charge in [0.1, 0.15) is 0 Å². The van der Waals surface area contributed by atoms with E-state index >= 15 is 0 Å². The number of imide groups is 1. The van der Waals surface area contributed by atoms with Crippen molar-refractivity contribution in [1.82, 2.24) is 4.90 Å². The van der Waals surface area contributed by atoms with Crippen LogP contribution in [0.5, 0.6) is 0 Å². The molecular formula is C21H20N2O5. The average molecular weight is 380 g/mol. The summed E-state index contributed by atoms with van der Waals surface area (Å²) in [5, 5.41) is 0. The molecule has 1 aliphatic heterocycles. The zero-order valence-corrected chi connectivity index (χ0v) is 15.6. The van der Waals surface area contributed by atoms with Crippen molar-refractivity contribution in [1.29, 1.82) is 0 Å². The second kappa shape index (κ2) is 8.04. The Balaban J connectivity index is 1.79. The summed E-state index contributed by atoms with van der Waals surface area (Å²) in [6.07, 6.45) is -0.688. The Hall–Kier alpha value is -3.48. The number of rotatable bonds is 5. The van der Waals surface area contributed by atoms with Crippen molar-refractivity contribution in [3.63, 3.8) is 0 Å². The van der Waals surface area contributed by atoms with E-state index < -0.39 is 12.1 Å². The third-order valence-corrected chi connectivity index (χ3v) is 4.41. The number of esters is 1. The number of ether oxygens (including phenoxy) is 1. The fourth-order valence-corrected chi connectivity index (χ4v) is 2.91. The van der Waals surface area contributed by atoms with Crippen molar-refractivity contribution in [2.45, 2.75) is 18.9 Å². The number of hydrogen-bond acceptors (Lipinski definition) is 5. The molecule has 1 aliphatic rings. The van der Waals surface area contributed by atoms with Gasteiger partial charge >= 0.3 is 5.97 Å². The zero-order valence-electron chi connectivity index (χ0n) is 15.6. The summed E-state index contributed by atoms with van der Waals surface area (Å²) in [5.41, 5.74) is 1.20. The molecule has 2 aromatic rings. The quantitative estimate of drug-likeness (QED) is 0.587. The van der Waals surface area contributed by atoms with E-state index in [-0.39, 0.29) is 36.1 Å². The van der Waals surface area contributed by atoms with Crippen LogP contribution in [0.25, 0.3) is 0 Å². The molecule has 0 bridgehead atoms. The zero-order chi connectivity index (χ0) is 20.3. The monoisotopic (exact) mass is 380 g/mol. The summed E-state index contributed by atoms with van der Waals surface area (Å²) in [4.78, 5) is 51.2. The molecule has 0 saturated carbocycles. The minimum Gasteiger partial charge on any atom is -0.444 e. The van der Waals surface area contributed by atoms with Crippen LogP contribution in [0.1, 0.15) is 34.9 Å². The van der Waals surface area contributed by atoms with Gasteiger partial charge in [-0.3, -0.25) is 19.3 Å². The van der Waals surface area contributed by atoms with Crippen LogP contribution in [0, 0.1) is 0 Å². The van der Waals surface area contributed by atoms with Crippen LogP contribution in [0.15, 0.2) is 54.6 Å². The highest BCUT2D eigenvalue weighted by Gasteiger charge is 2.31. The average Bonchev–Trinajstić information content (AvgIpc) is 3.04. The molecule has 0 aliphatic carbocycles. The van der Waals surface area contributed by atoms with E-state index in [2.05, 4.69) is 0 Å². The van der Waals surface area contributed by atoms with Gasteiger partial charge in [-0.2, -0.15) is 0 Å². The third kappa shape index (κ3) is 3.93. The van der Waals surface area contributed by atoms with Crippen molar-refractivity contribution in [3.05, 3.63) is 65.7 Å². The lowest BCUT2D eigenvalue weighted by Crippen LogP contribution is -2.31. The van der Waals surface area contributed by atoms with E-state index in [0.29, 0.717) is 11.3 Å². The van der Waals surface area contributed by atoms with E-state index in [4.69, 9.17) is 4.74 Å². The van der Waals surface area contributed by atoms with Crippen molar-refractivity contribution in [2.24, 2.45) is 0 Å². The van der Waals surface area contributed by atoms with Gasteiger partial charge in [0, 0.05) is 32.5 Å². The van der Waals surface area contributed by atoms with E-state index in [1.165, 1.54) is 29.2 Å². The van der Waals surface area contributed by atoms with Gasteiger partial charge in [0.15, 0.2) is 0 Å². The Morgan fingerprint density at radius 1 is 0.929 bits per heavy atom. The molecule has 2 aromatic carbocycles. The molecule has 0 N–H and O–H groups in total. The molecule has 1 atom stereocenters. The van der Waals surface area contributed by atoms with Crippen LogP contribution in [0.3, 0.4) is 0 Å². The van der Waals surface area contributed by atoms with Crippen LogP contribution in [-0.4, -0.2) is 42.7 Å². The molecule has 0 aromatic heterocycles. The maximum atomic E-state index is 12.6. The van der Waals surface area contributed by atoms with Crippen LogP contribution in [0.2, 0.25) is 0 Å². The van der Waals surface area contributed by atoms with Crippen molar-refractivity contribution in [3.8, 4) is 0 Å². The number of benzene rings is 2. The highest BCUT2D eigenvalue weighted by atomic mass is 16.5. The molecule has 0 radical (unpaired) electrons. The van der Waals surface area contributed by atoms with Crippen molar-refractivity contribution >= 4 is 29.4 Å². The van der Waals surface area contributed by atoms with Crippen molar-refractivity contribution < 1.29 is 23.9 Å². The minimum atomic E-state index is -1.06. The van der Waals surface area contributed by atoms with Crippen LogP contribution >= 0.6 is 0 Å². The van der Waals surface area contributed by atoms with E-state index in [0.717, 1.165) is 4.90 Å². The van der Waals surface area contributed by atoms with Crippen LogP contribution < -0.4 is 4.90 Å². The standard InChI is InChI=1S/C21H20N2O5/c1-22(2)20(26)19(14-6-4-3-5-7-14)28-21(27)15-8-10-16(11-9-15)23-17(24)12-13-18(23)25/h3-11,19H,12-13H2,1-2H3/t19-/m1/s1. The summed E-state index contributed by atoms with van der Waals surface area (Å²) >= 11 is 0. The lowest BCUT2D eigenvalue weighted by molar-refractivity contribution is -0.138. The molecule has 7 heteroatoms. The number of anilines is 1. The number of carbonyl (C=O) groups is 4. The Labute approximate surface area is 162 Å². The van der Waals surface area contributed by atoms with Crippen LogP contribution in [-0.2, 0) is 19.1 Å².